The van der Waals surface area contributed by atoms with E-state index in [1.807, 2.05) is 12.1 Å². The molecule has 1 aromatic rings. The summed E-state index contributed by atoms with van der Waals surface area (Å²) in [4.78, 5) is 22.8. The molecule has 0 radical (unpaired) electrons. The lowest BCUT2D eigenvalue weighted by atomic mass is 10.0. The van der Waals surface area contributed by atoms with E-state index >= 15 is 0 Å². The van der Waals surface area contributed by atoms with Crippen molar-refractivity contribution in [1.29, 1.82) is 10.5 Å². The van der Waals surface area contributed by atoms with Crippen molar-refractivity contribution in [1.82, 2.24) is 0 Å². The highest BCUT2D eigenvalue weighted by Gasteiger charge is 2.30. The van der Waals surface area contributed by atoms with Gasteiger partial charge in [-0.1, -0.05) is 13.8 Å². The number of rotatable bonds is 5. The minimum atomic E-state index is -1.66. The summed E-state index contributed by atoms with van der Waals surface area (Å²) in [5, 5.41) is 26.7. The van der Waals surface area contributed by atoms with Crippen molar-refractivity contribution in [3.05, 3.63) is 29.3 Å². The van der Waals surface area contributed by atoms with Crippen LogP contribution in [0.15, 0.2) is 18.2 Å². The van der Waals surface area contributed by atoms with Crippen molar-refractivity contribution in [2.75, 3.05) is 0 Å². The number of nitrogens with zero attached hydrogens (tertiary/aromatic N) is 2. The summed E-state index contributed by atoms with van der Waals surface area (Å²) >= 11 is 0. The number of carbonyl (C=O) groups excluding carboxylic acids is 1. The van der Waals surface area contributed by atoms with E-state index < -0.39 is 23.8 Å². The van der Waals surface area contributed by atoms with E-state index in [1.165, 1.54) is 18.2 Å². The molecule has 0 aromatic heterocycles. The molecule has 0 bridgehead atoms. The van der Waals surface area contributed by atoms with Gasteiger partial charge in [0.05, 0.1) is 23.3 Å². The van der Waals surface area contributed by atoms with Crippen molar-refractivity contribution < 1.29 is 19.4 Å². The van der Waals surface area contributed by atoms with Crippen molar-refractivity contribution in [2.24, 2.45) is 5.92 Å². The Morgan fingerprint density at radius 3 is 2.00 bits per heavy atom. The van der Waals surface area contributed by atoms with Crippen molar-refractivity contribution in [2.45, 2.75) is 20.0 Å². The molecule has 1 rings (SSSR count). The van der Waals surface area contributed by atoms with Crippen molar-refractivity contribution in [3.63, 3.8) is 0 Å². The summed E-state index contributed by atoms with van der Waals surface area (Å²) in [6, 6.07) is 7.57. The van der Waals surface area contributed by atoms with Gasteiger partial charge in [-0.15, -0.1) is 0 Å². The standard InChI is InChI=1S/C14H12N2O4/c1-8(2)12(17)13(14(18)19)20-11-4-9(6-15)3-10(5-11)7-16/h3-5,8,13H,1-2H3,(H,18,19). The molecule has 0 spiro atoms. The molecular weight excluding hydrogens is 260 g/mol. The SMILES string of the molecule is CC(C)C(=O)C(Oc1cc(C#N)cc(C#N)c1)C(=O)O. The van der Waals surface area contributed by atoms with Crippen LogP contribution in [0, 0.1) is 28.6 Å². The number of ether oxygens (including phenoxy) is 1. The van der Waals surface area contributed by atoms with Gasteiger partial charge in [-0.25, -0.2) is 4.79 Å². The van der Waals surface area contributed by atoms with Gasteiger partial charge in [0.25, 0.3) is 6.10 Å². The van der Waals surface area contributed by atoms with Crippen LogP contribution in [0.2, 0.25) is 0 Å². The summed E-state index contributed by atoms with van der Waals surface area (Å²) in [6.07, 6.45) is -1.66. The highest BCUT2D eigenvalue weighted by molar-refractivity contribution is 6.02. The Hall–Kier alpha value is -2.86. The molecule has 1 unspecified atom stereocenters. The number of aliphatic carboxylic acids is 1. The van der Waals surface area contributed by atoms with Gasteiger partial charge in [-0.05, 0) is 18.2 Å². The predicted molar refractivity (Wildman–Crippen MR) is 67.8 cm³/mol. The molecule has 0 aliphatic carbocycles. The second-order valence-corrected chi connectivity index (χ2v) is 4.36. The first-order valence-electron chi connectivity index (χ1n) is 5.77. The molecule has 0 aliphatic rings. The van der Waals surface area contributed by atoms with Crippen molar-refractivity contribution in [3.8, 4) is 17.9 Å². The first-order valence-corrected chi connectivity index (χ1v) is 5.77. The largest absolute Gasteiger partial charge is 0.478 e. The van der Waals surface area contributed by atoms with Gasteiger partial charge >= 0.3 is 5.97 Å². The van der Waals surface area contributed by atoms with E-state index in [1.54, 1.807) is 13.8 Å². The zero-order valence-corrected chi connectivity index (χ0v) is 11.0. The van der Waals surface area contributed by atoms with Crippen LogP contribution in [0.25, 0.3) is 0 Å². The fourth-order valence-corrected chi connectivity index (χ4v) is 1.47. The van der Waals surface area contributed by atoms with Crippen LogP contribution in [0.3, 0.4) is 0 Å². The molecule has 1 N–H and O–H groups in total. The molecule has 102 valence electrons. The molecule has 0 saturated carbocycles. The van der Waals surface area contributed by atoms with E-state index in [4.69, 9.17) is 20.4 Å². The molecule has 6 heteroatoms. The van der Waals surface area contributed by atoms with E-state index in [2.05, 4.69) is 0 Å². The maximum atomic E-state index is 11.8. The average Bonchev–Trinajstić information content (AvgIpc) is 2.43. The second-order valence-electron chi connectivity index (χ2n) is 4.36. The molecule has 1 atom stereocenters. The van der Waals surface area contributed by atoms with E-state index in [0.29, 0.717) is 0 Å². The summed E-state index contributed by atoms with van der Waals surface area (Å²) in [6.45, 7) is 3.13. The number of benzene rings is 1. The van der Waals surface area contributed by atoms with Crippen LogP contribution in [-0.2, 0) is 9.59 Å². The molecular formula is C14H12N2O4. The van der Waals surface area contributed by atoms with Crippen LogP contribution >= 0.6 is 0 Å². The van der Waals surface area contributed by atoms with Crippen LogP contribution in [0.5, 0.6) is 5.75 Å². The monoisotopic (exact) mass is 272 g/mol. The third-order valence-electron chi connectivity index (χ3n) is 2.47. The first kappa shape index (κ1) is 15.2. The number of carbonyl (C=O) groups is 2. The van der Waals surface area contributed by atoms with E-state index in [-0.39, 0.29) is 16.9 Å². The number of carboxylic acids is 1. The lowest BCUT2D eigenvalue weighted by Gasteiger charge is -2.16. The lowest BCUT2D eigenvalue weighted by molar-refractivity contribution is -0.151. The Morgan fingerprint density at radius 2 is 1.65 bits per heavy atom. The number of hydrogen-bond acceptors (Lipinski definition) is 5. The number of Topliss-reactive ketones (excluding diaryl/α,β-unsaturated/α-hetero) is 1. The molecule has 0 saturated heterocycles. The van der Waals surface area contributed by atoms with E-state index in [0.717, 1.165) is 0 Å². The summed E-state index contributed by atoms with van der Waals surface area (Å²) in [7, 11) is 0. The summed E-state index contributed by atoms with van der Waals surface area (Å²) in [5.74, 6) is -2.50. The third-order valence-corrected chi connectivity index (χ3v) is 2.47. The molecule has 0 heterocycles. The second kappa shape index (κ2) is 6.35. The minimum Gasteiger partial charge on any atom is -0.478 e. The first-order chi connectivity index (χ1) is 9.38. The van der Waals surface area contributed by atoms with Gasteiger partial charge in [-0.2, -0.15) is 10.5 Å². The molecule has 20 heavy (non-hydrogen) atoms. The van der Waals surface area contributed by atoms with Gasteiger partial charge in [0.15, 0.2) is 5.78 Å². The van der Waals surface area contributed by atoms with Crippen LogP contribution < -0.4 is 4.74 Å². The summed E-state index contributed by atoms with van der Waals surface area (Å²) in [5.41, 5.74) is 0.306. The zero-order chi connectivity index (χ0) is 15.3. The number of ketones is 1. The quantitative estimate of drug-likeness (QED) is 0.813. The van der Waals surface area contributed by atoms with Crippen LogP contribution in [-0.4, -0.2) is 23.0 Å². The third kappa shape index (κ3) is 3.56. The van der Waals surface area contributed by atoms with Crippen molar-refractivity contribution >= 4 is 11.8 Å². The summed E-state index contributed by atoms with van der Waals surface area (Å²) < 4.78 is 5.13. The molecule has 0 aliphatic heterocycles. The zero-order valence-electron chi connectivity index (χ0n) is 11.0. The van der Waals surface area contributed by atoms with Crippen LogP contribution in [0.4, 0.5) is 0 Å². The Morgan fingerprint density at radius 1 is 1.15 bits per heavy atom. The molecule has 0 fully saturated rings. The van der Waals surface area contributed by atoms with Gasteiger partial charge < -0.3 is 9.84 Å². The fraction of sp³-hybridized carbons (Fsp3) is 0.286. The Labute approximate surface area is 115 Å². The Balaban J connectivity index is 3.13. The normalized spacial score (nSPS) is 11.2. The average molecular weight is 272 g/mol. The van der Waals surface area contributed by atoms with Gasteiger partial charge in [-0.3, -0.25) is 4.79 Å². The molecule has 6 nitrogen and oxygen atoms in total. The maximum Gasteiger partial charge on any atom is 0.352 e. The fourth-order valence-electron chi connectivity index (χ4n) is 1.47. The number of nitriles is 2. The predicted octanol–water partition coefficient (Wildman–Crippen LogP) is 1.49. The maximum absolute atomic E-state index is 11.8. The van der Waals surface area contributed by atoms with Gasteiger partial charge in [0.2, 0.25) is 0 Å². The molecule has 0 amide bonds. The smallest absolute Gasteiger partial charge is 0.352 e. The Kier molecular flexibility index (Phi) is 4.82. The number of hydrogen-bond donors (Lipinski definition) is 1. The minimum absolute atomic E-state index is 0.00185. The highest BCUT2D eigenvalue weighted by Crippen LogP contribution is 2.19. The Bertz CT molecular complexity index is 591. The van der Waals surface area contributed by atoms with Gasteiger partial charge in [0.1, 0.15) is 5.75 Å². The number of carboxylic acid groups (broad SMARTS) is 1. The van der Waals surface area contributed by atoms with Crippen LogP contribution in [0.1, 0.15) is 25.0 Å². The topological polar surface area (TPSA) is 111 Å². The van der Waals surface area contributed by atoms with Gasteiger partial charge in [0, 0.05) is 5.92 Å². The highest BCUT2D eigenvalue weighted by atomic mass is 16.5. The molecule has 1 aromatic carbocycles. The van der Waals surface area contributed by atoms with E-state index in [9.17, 15) is 9.59 Å². The lowest BCUT2D eigenvalue weighted by Crippen LogP contribution is -2.38.